The summed E-state index contributed by atoms with van der Waals surface area (Å²) >= 11 is 0. The zero-order valence-corrected chi connectivity index (χ0v) is 3.31. The van der Waals surface area contributed by atoms with E-state index in [0.29, 0.717) is 0 Å². The number of nitrogens with one attached hydrogen (secondary N) is 1. The molecule has 1 heterocycles. The Morgan fingerprint density at radius 1 is 1.83 bits per heavy atom. The summed E-state index contributed by atoms with van der Waals surface area (Å²) in [5, 5.41) is 0. The van der Waals surface area contributed by atoms with Crippen LogP contribution >= 0.6 is 0 Å². The number of H-pyrrole nitrogens is 1. The van der Waals surface area contributed by atoms with Gasteiger partial charge in [-0.25, -0.2) is 4.98 Å². The number of hydrogen-bond donors (Lipinski definition) is 1. The molecule has 1 N–H and O–H groups in total. The first-order valence-corrected chi connectivity index (χ1v) is 1.71. The van der Waals surface area contributed by atoms with E-state index in [1.54, 1.807) is 12.4 Å². The van der Waals surface area contributed by atoms with Crippen LogP contribution in [0.3, 0.4) is 0 Å². The van der Waals surface area contributed by atoms with Gasteiger partial charge in [0.25, 0.3) is 0 Å². The van der Waals surface area contributed by atoms with Crippen LogP contribution in [-0.2, 0) is 0 Å². The van der Waals surface area contributed by atoms with E-state index in [0.717, 1.165) is 5.82 Å². The highest BCUT2D eigenvalue weighted by molar-refractivity contribution is 4.88. The Balaban J connectivity index is 3.05. The third-order valence-corrected chi connectivity index (χ3v) is 0.555. The van der Waals surface area contributed by atoms with Crippen LogP contribution in [0.1, 0.15) is 5.82 Å². The van der Waals surface area contributed by atoms with Crippen molar-refractivity contribution in [2.75, 3.05) is 0 Å². The van der Waals surface area contributed by atoms with Crippen molar-refractivity contribution >= 4 is 0 Å². The van der Waals surface area contributed by atoms with E-state index in [1.165, 1.54) is 0 Å². The van der Waals surface area contributed by atoms with Gasteiger partial charge in [0.1, 0.15) is 5.82 Å². The fourth-order valence-corrected chi connectivity index (χ4v) is 0.298. The minimum absolute atomic E-state index is 0.718. The first-order chi connectivity index (χ1) is 2.89. The lowest BCUT2D eigenvalue weighted by Gasteiger charge is -1.68. The molecule has 1 radical (unpaired) electrons. The van der Waals surface area contributed by atoms with Gasteiger partial charge in [0.2, 0.25) is 0 Å². The summed E-state index contributed by atoms with van der Waals surface area (Å²) in [4.78, 5) is 6.53. The largest absolute Gasteiger partial charge is 0.349 e. The van der Waals surface area contributed by atoms with E-state index in [1.807, 2.05) is 0 Å². The third kappa shape index (κ3) is 0.407. The Bertz CT molecular complexity index is 109. The van der Waals surface area contributed by atoms with Crippen LogP contribution in [0.2, 0.25) is 0 Å². The first-order valence-electron chi connectivity index (χ1n) is 1.71. The van der Waals surface area contributed by atoms with Crippen molar-refractivity contribution in [2.24, 2.45) is 0 Å². The highest BCUT2D eigenvalue weighted by Gasteiger charge is 1.74. The standard InChI is InChI=1S/C4H5N2/c1-4-5-2-3-6-4/h2-3H,1H2,(H,5,6). The lowest BCUT2D eigenvalue weighted by molar-refractivity contribution is 1.23. The molecule has 0 unspecified atom stereocenters. The van der Waals surface area contributed by atoms with Gasteiger partial charge >= 0.3 is 0 Å². The monoisotopic (exact) mass is 81.0 g/mol. The van der Waals surface area contributed by atoms with Crippen LogP contribution < -0.4 is 0 Å². The van der Waals surface area contributed by atoms with Gasteiger partial charge in [-0.15, -0.1) is 0 Å². The first kappa shape index (κ1) is 3.40. The predicted molar refractivity (Wildman–Crippen MR) is 23.0 cm³/mol. The predicted octanol–water partition coefficient (Wildman–Crippen LogP) is 0.592. The second-order valence-corrected chi connectivity index (χ2v) is 1.04. The average molecular weight is 81.1 g/mol. The van der Waals surface area contributed by atoms with Gasteiger partial charge in [0, 0.05) is 19.3 Å². The van der Waals surface area contributed by atoms with E-state index < -0.39 is 0 Å². The molecule has 0 aliphatic rings. The highest BCUT2D eigenvalue weighted by Crippen LogP contribution is 1.78. The highest BCUT2D eigenvalue weighted by atomic mass is 14.9. The Morgan fingerprint density at radius 2 is 2.67 bits per heavy atom. The van der Waals surface area contributed by atoms with Gasteiger partial charge in [-0.05, 0) is 0 Å². The molecule has 0 fully saturated rings. The summed E-state index contributed by atoms with van der Waals surface area (Å²) in [6.07, 6.45) is 3.41. The van der Waals surface area contributed by atoms with Crippen molar-refractivity contribution < 1.29 is 0 Å². The van der Waals surface area contributed by atoms with Gasteiger partial charge in [-0.2, -0.15) is 0 Å². The van der Waals surface area contributed by atoms with E-state index >= 15 is 0 Å². The van der Waals surface area contributed by atoms with Crippen LogP contribution in [0.4, 0.5) is 0 Å². The van der Waals surface area contributed by atoms with E-state index in [-0.39, 0.29) is 0 Å². The molecule has 2 heteroatoms. The zero-order valence-electron chi connectivity index (χ0n) is 3.31. The molecular formula is C4H5N2. The van der Waals surface area contributed by atoms with E-state index in [4.69, 9.17) is 0 Å². The summed E-state index contributed by atoms with van der Waals surface area (Å²) in [7, 11) is 0. The molecule has 0 atom stereocenters. The molecule has 0 aliphatic heterocycles. The van der Waals surface area contributed by atoms with Crippen molar-refractivity contribution in [1.29, 1.82) is 0 Å². The maximum Gasteiger partial charge on any atom is 0.106 e. The van der Waals surface area contributed by atoms with Crippen LogP contribution in [0.5, 0.6) is 0 Å². The number of nitrogens with zero attached hydrogens (tertiary/aromatic N) is 1. The molecule has 6 heavy (non-hydrogen) atoms. The topological polar surface area (TPSA) is 28.7 Å². The number of aromatic nitrogens is 2. The molecule has 0 amide bonds. The molecule has 0 aliphatic carbocycles. The quantitative estimate of drug-likeness (QED) is 0.486. The molecule has 1 aromatic rings. The molecule has 0 bridgehead atoms. The van der Waals surface area contributed by atoms with Gasteiger partial charge in [-0.1, -0.05) is 0 Å². The molecule has 2 nitrogen and oxygen atoms in total. The lowest BCUT2D eigenvalue weighted by atomic mass is 10.8. The Labute approximate surface area is 36.2 Å². The Hall–Kier alpha value is -0.790. The lowest BCUT2D eigenvalue weighted by Crippen LogP contribution is -1.66. The van der Waals surface area contributed by atoms with Crippen LogP contribution in [-0.4, -0.2) is 9.97 Å². The molecule has 1 rings (SSSR count). The minimum atomic E-state index is 0.718. The third-order valence-electron chi connectivity index (χ3n) is 0.555. The zero-order chi connectivity index (χ0) is 4.41. The van der Waals surface area contributed by atoms with E-state index in [2.05, 4.69) is 16.9 Å². The van der Waals surface area contributed by atoms with Crippen LogP contribution in [0, 0.1) is 6.92 Å². The maximum absolute atomic E-state index is 3.75. The summed E-state index contributed by atoms with van der Waals surface area (Å²) in [6, 6.07) is 0. The number of rotatable bonds is 0. The normalized spacial score (nSPS) is 8.83. The summed E-state index contributed by atoms with van der Waals surface area (Å²) in [5.41, 5.74) is 0. The fourth-order valence-electron chi connectivity index (χ4n) is 0.298. The van der Waals surface area contributed by atoms with Gasteiger partial charge in [0.05, 0.1) is 0 Å². The van der Waals surface area contributed by atoms with Crippen LogP contribution in [0.25, 0.3) is 0 Å². The Morgan fingerprint density at radius 3 is 2.83 bits per heavy atom. The molecule has 0 saturated heterocycles. The maximum atomic E-state index is 3.75. The van der Waals surface area contributed by atoms with Crippen molar-refractivity contribution in [3.05, 3.63) is 25.1 Å². The molecule has 0 spiro atoms. The number of imidazole rings is 1. The molecule has 0 saturated carbocycles. The smallest absolute Gasteiger partial charge is 0.106 e. The number of aromatic amines is 1. The van der Waals surface area contributed by atoms with E-state index in [9.17, 15) is 0 Å². The second-order valence-electron chi connectivity index (χ2n) is 1.04. The van der Waals surface area contributed by atoms with Crippen molar-refractivity contribution in [3.8, 4) is 0 Å². The van der Waals surface area contributed by atoms with Gasteiger partial charge in [0.15, 0.2) is 0 Å². The summed E-state index contributed by atoms with van der Waals surface area (Å²) in [6.45, 7) is 3.51. The summed E-state index contributed by atoms with van der Waals surface area (Å²) < 4.78 is 0. The Kier molecular flexibility index (Phi) is 0.638. The average Bonchev–Trinajstić information content (AvgIpc) is 1.86. The number of hydrogen-bond acceptors (Lipinski definition) is 1. The molecule has 1 aromatic heterocycles. The minimum Gasteiger partial charge on any atom is -0.349 e. The molecular weight excluding hydrogens is 76.1 g/mol. The second kappa shape index (κ2) is 1.12. The van der Waals surface area contributed by atoms with Crippen molar-refractivity contribution in [2.45, 2.75) is 0 Å². The fraction of sp³-hybridized carbons (Fsp3) is 0. The van der Waals surface area contributed by atoms with Crippen molar-refractivity contribution in [3.63, 3.8) is 0 Å². The SMILES string of the molecule is [CH2]c1ncc[nH]1. The summed E-state index contributed by atoms with van der Waals surface area (Å²) in [5.74, 6) is 0.718. The van der Waals surface area contributed by atoms with Gasteiger partial charge < -0.3 is 4.98 Å². The van der Waals surface area contributed by atoms with Crippen LogP contribution in [0.15, 0.2) is 12.4 Å². The molecule has 31 valence electrons. The molecule has 0 aromatic carbocycles. The van der Waals surface area contributed by atoms with Gasteiger partial charge in [-0.3, -0.25) is 0 Å². The van der Waals surface area contributed by atoms with Crippen molar-refractivity contribution in [1.82, 2.24) is 9.97 Å².